The fraction of sp³-hybridized carbons (Fsp3) is 0.724. The monoisotopic (exact) mass is 522 g/mol. The zero-order valence-corrected chi connectivity index (χ0v) is 25.4. The SMILES string of the molecule is COc1ccc(COC[C@H](O)[C@H]2OC(C)(C)O[C@@H](/C(C)=C/[C@H](C)CO[Si](C)(C)C(C)(C)C)[C@H]2C)cc1. The molecule has 1 N–H and O–H groups in total. The van der Waals surface area contributed by atoms with Gasteiger partial charge in [0.15, 0.2) is 14.1 Å². The predicted molar refractivity (Wildman–Crippen MR) is 148 cm³/mol. The third-order valence-corrected chi connectivity index (χ3v) is 11.9. The number of benzene rings is 1. The molecule has 0 bridgehead atoms. The van der Waals surface area contributed by atoms with Gasteiger partial charge in [0.2, 0.25) is 0 Å². The molecule has 1 aliphatic rings. The zero-order chi connectivity index (χ0) is 27.3. The molecule has 1 fully saturated rings. The average Bonchev–Trinajstić information content (AvgIpc) is 2.78. The molecule has 0 aliphatic carbocycles. The Labute approximate surface area is 220 Å². The minimum Gasteiger partial charge on any atom is -0.497 e. The maximum Gasteiger partial charge on any atom is 0.192 e. The Hall–Kier alpha value is -1.22. The molecule has 5 atom stereocenters. The number of aliphatic hydroxyl groups is 1. The molecule has 7 heteroatoms. The first-order valence-corrected chi connectivity index (χ1v) is 16.0. The molecule has 1 aliphatic heterocycles. The van der Waals surface area contributed by atoms with Gasteiger partial charge in [0.25, 0.3) is 0 Å². The molecule has 1 aromatic carbocycles. The second-order valence-corrected chi connectivity index (χ2v) is 17.1. The largest absolute Gasteiger partial charge is 0.497 e. The van der Waals surface area contributed by atoms with Crippen molar-refractivity contribution >= 4 is 8.32 Å². The fourth-order valence-corrected chi connectivity index (χ4v) is 5.36. The molecule has 0 unspecified atom stereocenters. The van der Waals surface area contributed by atoms with Gasteiger partial charge in [-0.05, 0) is 68.1 Å². The molecule has 2 rings (SSSR count). The van der Waals surface area contributed by atoms with E-state index in [1.165, 1.54) is 0 Å². The summed E-state index contributed by atoms with van der Waals surface area (Å²) in [5, 5.41) is 11.2. The van der Waals surface area contributed by atoms with Gasteiger partial charge < -0.3 is 28.5 Å². The van der Waals surface area contributed by atoms with Crippen LogP contribution in [0.4, 0.5) is 0 Å². The van der Waals surface area contributed by atoms with Gasteiger partial charge in [0, 0.05) is 12.5 Å². The second-order valence-electron chi connectivity index (χ2n) is 12.3. The van der Waals surface area contributed by atoms with Gasteiger partial charge in [-0.3, -0.25) is 0 Å². The van der Waals surface area contributed by atoms with E-state index in [0.717, 1.165) is 16.9 Å². The highest BCUT2D eigenvalue weighted by atomic mass is 28.4. The first kappa shape index (κ1) is 31.0. The van der Waals surface area contributed by atoms with Crippen LogP contribution in [0.5, 0.6) is 5.75 Å². The summed E-state index contributed by atoms with van der Waals surface area (Å²) in [5.41, 5.74) is 2.16. The zero-order valence-electron chi connectivity index (χ0n) is 24.4. The second kappa shape index (κ2) is 12.5. The van der Waals surface area contributed by atoms with Crippen LogP contribution < -0.4 is 4.74 Å². The van der Waals surface area contributed by atoms with E-state index in [1.807, 2.05) is 38.1 Å². The van der Waals surface area contributed by atoms with Crippen LogP contribution in [0.2, 0.25) is 18.1 Å². The quantitative estimate of drug-likeness (QED) is 0.270. The van der Waals surface area contributed by atoms with Gasteiger partial charge in [-0.25, -0.2) is 0 Å². The van der Waals surface area contributed by atoms with Crippen LogP contribution in [0.15, 0.2) is 35.9 Å². The van der Waals surface area contributed by atoms with E-state index in [9.17, 15) is 5.11 Å². The van der Waals surface area contributed by atoms with E-state index in [1.54, 1.807) is 7.11 Å². The summed E-state index contributed by atoms with van der Waals surface area (Å²) in [7, 11) is -0.152. The van der Waals surface area contributed by atoms with Crippen molar-refractivity contribution in [1.29, 1.82) is 0 Å². The van der Waals surface area contributed by atoms with Crippen molar-refractivity contribution < 1.29 is 28.5 Å². The van der Waals surface area contributed by atoms with Crippen molar-refractivity contribution in [1.82, 2.24) is 0 Å². The summed E-state index contributed by atoms with van der Waals surface area (Å²) in [5.74, 6) is 0.217. The summed E-state index contributed by atoms with van der Waals surface area (Å²) in [6.07, 6.45) is 0.914. The van der Waals surface area contributed by atoms with Gasteiger partial charge in [-0.1, -0.05) is 52.8 Å². The molecule has 6 nitrogen and oxygen atoms in total. The average molecular weight is 523 g/mol. The molecule has 206 valence electrons. The molecule has 0 spiro atoms. The molecule has 36 heavy (non-hydrogen) atoms. The molecule has 0 aromatic heterocycles. The number of aliphatic hydroxyl groups excluding tert-OH is 1. The lowest BCUT2D eigenvalue weighted by Crippen LogP contribution is -2.55. The van der Waals surface area contributed by atoms with E-state index in [2.05, 4.69) is 60.7 Å². The highest BCUT2D eigenvalue weighted by Crippen LogP contribution is 2.38. The maximum absolute atomic E-state index is 11.0. The Morgan fingerprint density at radius 2 is 1.75 bits per heavy atom. The standard InChI is InChI=1S/C29H50O6Si/c1-20(17-33-36(10,11)28(4,5)6)16-21(2)26-22(3)27(35-29(7,8)34-26)25(30)19-32-18-23-12-14-24(31-9)15-13-23/h12-16,20,22,25-27,30H,17-19H2,1-11H3/b21-16+/t20-,22+,25-,26-,27-/m0/s1. The van der Waals surface area contributed by atoms with Crippen molar-refractivity contribution in [3.05, 3.63) is 41.5 Å². The van der Waals surface area contributed by atoms with Crippen LogP contribution in [0.3, 0.4) is 0 Å². The van der Waals surface area contributed by atoms with E-state index in [0.29, 0.717) is 13.2 Å². The van der Waals surface area contributed by atoms with Gasteiger partial charge in [-0.15, -0.1) is 0 Å². The van der Waals surface area contributed by atoms with Crippen LogP contribution in [0.1, 0.15) is 61.0 Å². The summed E-state index contributed by atoms with van der Waals surface area (Å²) in [6, 6.07) is 7.73. The van der Waals surface area contributed by atoms with Gasteiger partial charge in [0.05, 0.1) is 32.5 Å². The molecular weight excluding hydrogens is 472 g/mol. The normalized spacial score (nSPS) is 24.9. The summed E-state index contributed by atoms with van der Waals surface area (Å²) in [6.45, 7) is 22.8. The maximum atomic E-state index is 11.0. The predicted octanol–water partition coefficient (Wildman–Crippen LogP) is 6.33. The van der Waals surface area contributed by atoms with Crippen LogP contribution in [-0.4, -0.2) is 57.8 Å². The van der Waals surface area contributed by atoms with Crippen molar-refractivity contribution in [3.63, 3.8) is 0 Å². The van der Waals surface area contributed by atoms with Crippen LogP contribution in [0, 0.1) is 11.8 Å². The molecule has 0 amide bonds. The van der Waals surface area contributed by atoms with Gasteiger partial charge >= 0.3 is 0 Å². The molecular formula is C29H50O6Si. The lowest BCUT2D eigenvalue weighted by atomic mass is 9.87. The van der Waals surface area contributed by atoms with Crippen LogP contribution in [-0.2, 0) is 25.2 Å². The van der Waals surface area contributed by atoms with Crippen molar-refractivity contribution in [2.75, 3.05) is 20.3 Å². The van der Waals surface area contributed by atoms with E-state index >= 15 is 0 Å². The third-order valence-electron chi connectivity index (χ3n) is 7.43. The topological polar surface area (TPSA) is 66.4 Å². The van der Waals surface area contributed by atoms with Crippen LogP contribution >= 0.6 is 0 Å². The number of methoxy groups -OCH3 is 1. The van der Waals surface area contributed by atoms with Gasteiger partial charge in [-0.2, -0.15) is 0 Å². The lowest BCUT2D eigenvalue weighted by molar-refractivity contribution is -0.327. The van der Waals surface area contributed by atoms with Crippen molar-refractivity contribution in [2.45, 2.75) is 104 Å². The van der Waals surface area contributed by atoms with E-state index in [4.69, 9.17) is 23.4 Å². The summed E-state index contributed by atoms with van der Waals surface area (Å²) < 4.78 is 30.0. The van der Waals surface area contributed by atoms with E-state index < -0.39 is 26.3 Å². The molecule has 1 aromatic rings. The highest BCUT2D eigenvalue weighted by Gasteiger charge is 2.44. The third kappa shape index (κ3) is 8.67. The Kier molecular flexibility index (Phi) is 10.8. The first-order chi connectivity index (χ1) is 16.6. The van der Waals surface area contributed by atoms with Crippen molar-refractivity contribution in [3.8, 4) is 5.75 Å². The number of hydrogen-bond donors (Lipinski definition) is 1. The molecule has 1 saturated heterocycles. The Morgan fingerprint density at radius 1 is 1.14 bits per heavy atom. The minimum atomic E-state index is -1.80. The molecule has 1 heterocycles. The van der Waals surface area contributed by atoms with E-state index in [-0.39, 0.29) is 29.6 Å². The Bertz CT molecular complexity index is 842. The fourth-order valence-electron chi connectivity index (χ4n) is 4.25. The highest BCUT2D eigenvalue weighted by molar-refractivity contribution is 6.74. The molecule has 0 radical (unpaired) electrons. The Morgan fingerprint density at radius 3 is 2.31 bits per heavy atom. The van der Waals surface area contributed by atoms with Gasteiger partial charge in [0.1, 0.15) is 11.9 Å². The summed E-state index contributed by atoms with van der Waals surface area (Å²) >= 11 is 0. The number of ether oxygens (including phenoxy) is 4. The first-order valence-electron chi connectivity index (χ1n) is 13.1. The summed E-state index contributed by atoms with van der Waals surface area (Å²) in [4.78, 5) is 0. The van der Waals surface area contributed by atoms with Crippen LogP contribution in [0.25, 0.3) is 0 Å². The Balaban J connectivity index is 2.00. The number of hydrogen-bond acceptors (Lipinski definition) is 6. The smallest absolute Gasteiger partial charge is 0.192 e. The van der Waals surface area contributed by atoms with Crippen molar-refractivity contribution in [2.24, 2.45) is 11.8 Å². The number of rotatable bonds is 11. The lowest BCUT2D eigenvalue weighted by Gasteiger charge is -2.47. The molecule has 0 saturated carbocycles. The minimum absolute atomic E-state index is 0.0395.